The first kappa shape index (κ1) is 32.4. The summed E-state index contributed by atoms with van der Waals surface area (Å²) in [6.07, 6.45) is 0.814. The standard InChI is InChI=1S/C38H40O8/c1-41-33-18-27(15-16-32(33)45-23-25-11-7-5-8-12-25)38-30-21-35(46-24-26-13-9-6-10-14-26)34(42-2)19-28(30)17-29(20-36(39)43-3)31(38)22-37(40)44-4/h5-16,18-19,21,29,31,38H,17,20,22-24H2,1-4H3. The van der Waals surface area contributed by atoms with E-state index >= 15 is 0 Å². The second kappa shape index (κ2) is 15.3. The van der Waals surface area contributed by atoms with E-state index in [9.17, 15) is 9.59 Å². The molecule has 0 aliphatic heterocycles. The molecule has 1 aliphatic rings. The Bertz CT molecular complexity index is 1620. The molecule has 0 bridgehead atoms. The summed E-state index contributed by atoms with van der Waals surface area (Å²) in [5.74, 6) is 0.877. The molecule has 46 heavy (non-hydrogen) atoms. The first-order chi connectivity index (χ1) is 22.4. The lowest BCUT2D eigenvalue weighted by Crippen LogP contribution is -2.34. The number of benzene rings is 4. The predicted molar refractivity (Wildman–Crippen MR) is 173 cm³/mol. The van der Waals surface area contributed by atoms with Gasteiger partial charge in [-0.1, -0.05) is 66.7 Å². The van der Waals surface area contributed by atoms with Gasteiger partial charge in [-0.15, -0.1) is 0 Å². The average molecular weight is 625 g/mol. The Balaban J connectivity index is 1.58. The number of carbonyl (C=O) groups is 2. The Kier molecular flexibility index (Phi) is 10.8. The van der Waals surface area contributed by atoms with Gasteiger partial charge in [0.15, 0.2) is 23.0 Å². The van der Waals surface area contributed by atoms with E-state index in [1.165, 1.54) is 14.2 Å². The third-order valence-corrected chi connectivity index (χ3v) is 8.58. The van der Waals surface area contributed by atoms with E-state index in [0.717, 1.165) is 27.8 Å². The van der Waals surface area contributed by atoms with Crippen molar-refractivity contribution in [3.8, 4) is 23.0 Å². The zero-order valence-corrected chi connectivity index (χ0v) is 26.7. The highest BCUT2D eigenvalue weighted by Crippen LogP contribution is 2.50. The predicted octanol–water partition coefficient (Wildman–Crippen LogP) is 6.91. The van der Waals surface area contributed by atoms with Gasteiger partial charge < -0.3 is 28.4 Å². The molecule has 0 N–H and O–H groups in total. The molecule has 8 heteroatoms. The van der Waals surface area contributed by atoms with Crippen molar-refractivity contribution >= 4 is 11.9 Å². The SMILES string of the molecule is COC(=O)CC1Cc2cc(OC)c(OCc3ccccc3)cc2C(c2ccc(OCc3ccccc3)c(OC)c2)C1CC(=O)OC. The minimum atomic E-state index is -0.350. The van der Waals surface area contributed by atoms with Crippen molar-refractivity contribution in [2.45, 2.75) is 38.4 Å². The highest BCUT2D eigenvalue weighted by atomic mass is 16.5. The molecule has 3 unspecified atom stereocenters. The lowest BCUT2D eigenvalue weighted by atomic mass is 9.64. The molecule has 0 radical (unpaired) electrons. The summed E-state index contributed by atoms with van der Waals surface area (Å²) in [4.78, 5) is 25.5. The van der Waals surface area contributed by atoms with Crippen molar-refractivity contribution in [2.24, 2.45) is 11.8 Å². The van der Waals surface area contributed by atoms with Crippen LogP contribution in [0.1, 0.15) is 46.6 Å². The number of methoxy groups -OCH3 is 4. The van der Waals surface area contributed by atoms with Gasteiger partial charge >= 0.3 is 11.9 Å². The molecule has 4 aromatic carbocycles. The number of esters is 2. The number of rotatable bonds is 13. The van der Waals surface area contributed by atoms with Crippen LogP contribution in [0.3, 0.4) is 0 Å². The molecular formula is C38H40O8. The maximum Gasteiger partial charge on any atom is 0.305 e. The highest BCUT2D eigenvalue weighted by molar-refractivity contribution is 5.72. The normalized spacial score (nSPS) is 16.9. The summed E-state index contributed by atoms with van der Waals surface area (Å²) < 4.78 is 34.3. The second-order valence-electron chi connectivity index (χ2n) is 11.3. The number of carbonyl (C=O) groups excluding carboxylic acids is 2. The van der Waals surface area contributed by atoms with Gasteiger partial charge in [0.25, 0.3) is 0 Å². The van der Waals surface area contributed by atoms with Gasteiger partial charge in [-0.05, 0) is 70.3 Å². The van der Waals surface area contributed by atoms with Crippen LogP contribution in [-0.2, 0) is 38.7 Å². The van der Waals surface area contributed by atoms with E-state index in [1.54, 1.807) is 14.2 Å². The molecule has 4 aromatic rings. The first-order valence-corrected chi connectivity index (χ1v) is 15.3. The van der Waals surface area contributed by atoms with Crippen LogP contribution in [0.15, 0.2) is 91.0 Å². The lowest BCUT2D eigenvalue weighted by Gasteiger charge is -2.40. The molecule has 0 spiro atoms. The molecule has 3 atom stereocenters. The molecule has 5 rings (SSSR count). The van der Waals surface area contributed by atoms with Gasteiger partial charge in [0.1, 0.15) is 13.2 Å². The van der Waals surface area contributed by atoms with E-state index in [4.69, 9.17) is 28.4 Å². The third kappa shape index (κ3) is 7.62. The summed E-state index contributed by atoms with van der Waals surface area (Å²) in [6.45, 7) is 0.745. The molecule has 0 saturated heterocycles. The van der Waals surface area contributed by atoms with Crippen molar-refractivity contribution in [3.05, 3.63) is 119 Å². The van der Waals surface area contributed by atoms with Crippen LogP contribution in [0.5, 0.6) is 23.0 Å². The smallest absolute Gasteiger partial charge is 0.305 e. The van der Waals surface area contributed by atoms with Crippen LogP contribution in [0, 0.1) is 11.8 Å². The van der Waals surface area contributed by atoms with Crippen molar-refractivity contribution < 1.29 is 38.0 Å². The van der Waals surface area contributed by atoms with Crippen LogP contribution in [-0.4, -0.2) is 40.4 Å². The van der Waals surface area contributed by atoms with Gasteiger partial charge in [-0.3, -0.25) is 9.59 Å². The van der Waals surface area contributed by atoms with Gasteiger partial charge in [0, 0.05) is 18.8 Å². The second-order valence-corrected chi connectivity index (χ2v) is 11.3. The highest BCUT2D eigenvalue weighted by Gasteiger charge is 2.41. The monoisotopic (exact) mass is 624 g/mol. The summed E-state index contributed by atoms with van der Waals surface area (Å²) in [7, 11) is 5.98. The fraction of sp³-hybridized carbons (Fsp3) is 0.316. The number of ether oxygens (including phenoxy) is 6. The minimum Gasteiger partial charge on any atom is -0.493 e. The Morgan fingerprint density at radius 1 is 0.630 bits per heavy atom. The Hall–Kier alpha value is -4.98. The van der Waals surface area contributed by atoms with Crippen LogP contribution < -0.4 is 18.9 Å². The van der Waals surface area contributed by atoms with Gasteiger partial charge in [0.05, 0.1) is 28.4 Å². The van der Waals surface area contributed by atoms with E-state index in [-0.39, 0.29) is 42.5 Å². The molecular weight excluding hydrogens is 584 g/mol. The average Bonchev–Trinajstić information content (AvgIpc) is 3.10. The number of hydrogen-bond acceptors (Lipinski definition) is 8. The lowest BCUT2D eigenvalue weighted by molar-refractivity contribution is -0.145. The van der Waals surface area contributed by atoms with Crippen LogP contribution in [0.2, 0.25) is 0 Å². The third-order valence-electron chi connectivity index (χ3n) is 8.58. The maximum atomic E-state index is 12.9. The summed E-state index contributed by atoms with van der Waals surface area (Å²) in [5, 5.41) is 0. The Labute approximate surface area is 270 Å². The van der Waals surface area contributed by atoms with Crippen molar-refractivity contribution in [2.75, 3.05) is 28.4 Å². The molecule has 0 saturated carbocycles. The van der Waals surface area contributed by atoms with Crippen LogP contribution in [0.25, 0.3) is 0 Å². The molecule has 8 nitrogen and oxygen atoms in total. The topological polar surface area (TPSA) is 89.5 Å². The Morgan fingerprint density at radius 2 is 1.20 bits per heavy atom. The largest absolute Gasteiger partial charge is 0.493 e. The molecule has 0 heterocycles. The zero-order chi connectivity index (χ0) is 32.5. The quantitative estimate of drug-likeness (QED) is 0.148. The minimum absolute atomic E-state index is 0.114. The van der Waals surface area contributed by atoms with Gasteiger partial charge in [-0.2, -0.15) is 0 Å². The maximum absolute atomic E-state index is 12.9. The Morgan fingerprint density at radius 3 is 1.78 bits per heavy atom. The number of fused-ring (bicyclic) bond motifs is 1. The van der Waals surface area contributed by atoms with E-state index < -0.39 is 0 Å². The van der Waals surface area contributed by atoms with Gasteiger partial charge in [-0.25, -0.2) is 0 Å². The summed E-state index contributed by atoms with van der Waals surface area (Å²) in [5.41, 5.74) is 4.96. The first-order valence-electron chi connectivity index (χ1n) is 15.3. The van der Waals surface area contributed by atoms with Crippen molar-refractivity contribution in [1.82, 2.24) is 0 Å². The molecule has 1 aliphatic carbocycles. The van der Waals surface area contributed by atoms with Crippen LogP contribution >= 0.6 is 0 Å². The summed E-state index contributed by atoms with van der Waals surface area (Å²) in [6, 6.07) is 29.7. The fourth-order valence-electron chi connectivity index (χ4n) is 6.27. The number of hydrogen-bond donors (Lipinski definition) is 0. The van der Waals surface area contributed by atoms with Crippen LogP contribution in [0.4, 0.5) is 0 Å². The fourth-order valence-corrected chi connectivity index (χ4v) is 6.27. The summed E-state index contributed by atoms with van der Waals surface area (Å²) >= 11 is 0. The van der Waals surface area contributed by atoms with E-state index in [2.05, 4.69) is 0 Å². The molecule has 0 amide bonds. The van der Waals surface area contributed by atoms with Crippen molar-refractivity contribution in [3.63, 3.8) is 0 Å². The zero-order valence-electron chi connectivity index (χ0n) is 26.7. The van der Waals surface area contributed by atoms with E-state index in [0.29, 0.717) is 42.6 Å². The molecule has 0 fully saturated rings. The van der Waals surface area contributed by atoms with Crippen molar-refractivity contribution in [1.29, 1.82) is 0 Å². The van der Waals surface area contributed by atoms with Gasteiger partial charge in [0.2, 0.25) is 0 Å². The molecule has 240 valence electrons. The molecule has 0 aromatic heterocycles. The van der Waals surface area contributed by atoms with E-state index in [1.807, 2.05) is 91.0 Å².